The number of rotatable bonds is 8. The largest absolute Gasteiger partial charge is 0.481 e. The van der Waals surface area contributed by atoms with Crippen LogP contribution in [0.1, 0.15) is 20.3 Å². The van der Waals surface area contributed by atoms with Crippen molar-refractivity contribution in [3.05, 3.63) is 28.2 Å². The fourth-order valence-corrected chi connectivity index (χ4v) is 3.41. The topological polar surface area (TPSA) is 40.5 Å². The van der Waals surface area contributed by atoms with Gasteiger partial charge in [-0.3, -0.25) is 9.69 Å². The lowest BCUT2D eigenvalue weighted by Crippen LogP contribution is -2.36. The highest BCUT2D eigenvalue weighted by molar-refractivity contribution is 7.99. The van der Waals surface area contributed by atoms with Gasteiger partial charge >= 0.3 is 5.97 Å². The van der Waals surface area contributed by atoms with Crippen molar-refractivity contribution in [2.75, 3.05) is 18.8 Å². The van der Waals surface area contributed by atoms with E-state index in [0.29, 0.717) is 10.0 Å². The van der Waals surface area contributed by atoms with Crippen molar-refractivity contribution in [2.24, 2.45) is 0 Å². The highest BCUT2D eigenvalue weighted by Gasteiger charge is 2.15. The summed E-state index contributed by atoms with van der Waals surface area (Å²) >= 11 is 13.7. The SMILES string of the molecule is CCN(CCSc1cc(Cl)ccc1Cl)C(C)CC(=O)O. The molecule has 1 aromatic rings. The molecule has 0 spiro atoms. The minimum Gasteiger partial charge on any atom is -0.481 e. The molecule has 0 heterocycles. The molecule has 1 N–H and O–H groups in total. The van der Waals surface area contributed by atoms with Gasteiger partial charge in [-0.1, -0.05) is 30.1 Å². The molecule has 0 amide bonds. The van der Waals surface area contributed by atoms with E-state index in [9.17, 15) is 4.79 Å². The second kappa shape index (κ2) is 8.78. The van der Waals surface area contributed by atoms with Crippen LogP contribution in [0.4, 0.5) is 0 Å². The summed E-state index contributed by atoms with van der Waals surface area (Å²) in [5, 5.41) is 10.2. The molecule has 0 saturated carbocycles. The molecule has 0 radical (unpaired) electrons. The van der Waals surface area contributed by atoms with Crippen molar-refractivity contribution in [3.63, 3.8) is 0 Å². The number of hydrogen-bond acceptors (Lipinski definition) is 3. The average Bonchev–Trinajstić information content (AvgIpc) is 2.37. The minimum absolute atomic E-state index is 0.0351. The molecule has 0 saturated heterocycles. The first-order chi connectivity index (χ1) is 9.43. The number of carboxylic acids is 1. The van der Waals surface area contributed by atoms with Crippen molar-refractivity contribution < 1.29 is 9.90 Å². The van der Waals surface area contributed by atoms with Crippen LogP contribution in [0, 0.1) is 0 Å². The maximum atomic E-state index is 10.7. The number of aliphatic carboxylic acids is 1. The second-order valence-electron chi connectivity index (χ2n) is 4.50. The molecule has 1 atom stereocenters. The fourth-order valence-electron chi connectivity index (χ4n) is 1.93. The van der Waals surface area contributed by atoms with E-state index in [2.05, 4.69) is 4.90 Å². The van der Waals surface area contributed by atoms with Gasteiger partial charge in [-0.05, 0) is 31.7 Å². The Morgan fingerprint density at radius 3 is 2.75 bits per heavy atom. The van der Waals surface area contributed by atoms with Gasteiger partial charge in [-0.15, -0.1) is 11.8 Å². The van der Waals surface area contributed by atoms with E-state index in [1.165, 1.54) is 0 Å². The molecule has 0 fully saturated rings. The van der Waals surface area contributed by atoms with Gasteiger partial charge in [0.05, 0.1) is 11.4 Å². The molecule has 1 aromatic carbocycles. The van der Waals surface area contributed by atoms with Crippen LogP contribution in [0.2, 0.25) is 10.0 Å². The summed E-state index contributed by atoms with van der Waals surface area (Å²) in [7, 11) is 0. The smallest absolute Gasteiger partial charge is 0.304 e. The third kappa shape index (κ3) is 5.92. The standard InChI is InChI=1S/C14H19Cl2NO2S/c1-3-17(10(2)8-14(18)19)6-7-20-13-9-11(15)4-5-12(13)16/h4-5,9-10H,3,6-8H2,1-2H3,(H,18,19). The fraction of sp³-hybridized carbons (Fsp3) is 0.500. The van der Waals surface area contributed by atoms with Gasteiger partial charge in [0, 0.05) is 28.3 Å². The summed E-state index contributed by atoms with van der Waals surface area (Å²) in [5.41, 5.74) is 0. The zero-order valence-corrected chi connectivity index (χ0v) is 13.9. The van der Waals surface area contributed by atoms with E-state index in [-0.39, 0.29) is 12.5 Å². The lowest BCUT2D eigenvalue weighted by Gasteiger charge is -2.26. The quantitative estimate of drug-likeness (QED) is 0.720. The van der Waals surface area contributed by atoms with E-state index in [4.69, 9.17) is 28.3 Å². The lowest BCUT2D eigenvalue weighted by molar-refractivity contribution is -0.138. The van der Waals surface area contributed by atoms with Gasteiger partial charge in [-0.2, -0.15) is 0 Å². The molecular formula is C14H19Cl2NO2S. The summed E-state index contributed by atoms with van der Waals surface area (Å²) in [5.74, 6) is 0.0826. The predicted octanol–water partition coefficient (Wildman–Crippen LogP) is 4.27. The summed E-state index contributed by atoms with van der Waals surface area (Å²) in [6, 6.07) is 5.44. The first-order valence-corrected chi connectivity index (χ1v) is 8.21. The lowest BCUT2D eigenvalue weighted by atomic mass is 10.2. The zero-order valence-electron chi connectivity index (χ0n) is 11.6. The molecule has 0 bridgehead atoms. The highest BCUT2D eigenvalue weighted by Crippen LogP contribution is 2.29. The molecule has 3 nitrogen and oxygen atoms in total. The van der Waals surface area contributed by atoms with E-state index < -0.39 is 5.97 Å². The molecule has 20 heavy (non-hydrogen) atoms. The van der Waals surface area contributed by atoms with Crippen LogP contribution in [-0.2, 0) is 4.79 Å². The van der Waals surface area contributed by atoms with Crippen molar-refractivity contribution in [3.8, 4) is 0 Å². The van der Waals surface area contributed by atoms with Gasteiger partial charge < -0.3 is 5.11 Å². The number of hydrogen-bond donors (Lipinski definition) is 1. The molecule has 6 heteroatoms. The van der Waals surface area contributed by atoms with Crippen LogP contribution in [0.3, 0.4) is 0 Å². The van der Waals surface area contributed by atoms with Crippen molar-refractivity contribution in [1.82, 2.24) is 4.90 Å². The second-order valence-corrected chi connectivity index (χ2v) is 6.48. The van der Waals surface area contributed by atoms with Crippen molar-refractivity contribution >= 4 is 40.9 Å². The Morgan fingerprint density at radius 2 is 2.15 bits per heavy atom. The van der Waals surface area contributed by atoms with Gasteiger partial charge in [0.2, 0.25) is 0 Å². The van der Waals surface area contributed by atoms with E-state index in [1.54, 1.807) is 23.9 Å². The maximum absolute atomic E-state index is 10.7. The first kappa shape index (κ1) is 17.6. The Balaban J connectivity index is 2.49. The Kier molecular flexibility index (Phi) is 7.74. The number of nitrogens with zero attached hydrogens (tertiary/aromatic N) is 1. The third-order valence-electron chi connectivity index (χ3n) is 3.03. The summed E-state index contributed by atoms with van der Waals surface area (Å²) in [4.78, 5) is 13.9. The maximum Gasteiger partial charge on any atom is 0.304 e. The average molecular weight is 336 g/mol. The normalized spacial score (nSPS) is 12.7. The monoisotopic (exact) mass is 335 g/mol. The predicted molar refractivity (Wildman–Crippen MR) is 86.1 cm³/mol. The molecular weight excluding hydrogens is 317 g/mol. The van der Waals surface area contributed by atoms with Crippen LogP contribution in [-0.4, -0.2) is 40.9 Å². The van der Waals surface area contributed by atoms with Crippen LogP contribution in [0.5, 0.6) is 0 Å². The van der Waals surface area contributed by atoms with Crippen LogP contribution in [0.15, 0.2) is 23.1 Å². The van der Waals surface area contributed by atoms with E-state index in [0.717, 1.165) is 23.7 Å². The summed E-state index contributed by atoms with van der Waals surface area (Å²) in [6.07, 6.45) is 0.163. The molecule has 0 aliphatic heterocycles. The number of halogens is 2. The van der Waals surface area contributed by atoms with Crippen LogP contribution in [0.25, 0.3) is 0 Å². The van der Waals surface area contributed by atoms with Crippen LogP contribution >= 0.6 is 35.0 Å². The van der Waals surface area contributed by atoms with Crippen molar-refractivity contribution in [2.45, 2.75) is 31.2 Å². The van der Waals surface area contributed by atoms with Crippen LogP contribution < -0.4 is 0 Å². The molecule has 1 unspecified atom stereocenters. The van der Waals surface area contributed by atoms with Crippen molar-refractivity contribution in [1.29, 1.82) is 0 Å². The van der Waals surface area contributed by atoms with E-state index in [1.807, 2.05) is 19.9 Å². The Labute approximate surface area is 134 Å². The Hall–Kier alpha value is -0.420. The molecule has 0 aromatic heterocycles. The Bertz CT molecular complexity index is 457. The number of carboxylic acid groups (broad SMARTS) is 1. The Morgan fingerprint density at radius 1 is 1.45 bits per heavy atom. The minimum atomic E-state index is -0.763. The third-order valence-corrected chi connectivity index (χ3v) is 4.74. The first-order valence-electron chi connectivity index (χ1n) is 6.47. The zero-order chi connectivity index (χ0) is 15.1. The van der Waals surface area contributed by atoms with Gasteiger partial charge in [0.1, 0.15) is 0 Å². The van der Waals surface area contributed by atoms with E-state index >= 15 is 0 Å². The summed E-state index contributed by atoms with van der Waals surface area (Å²) in [6.45, 7) is 5.63. The summed E-state index contributed by atoms with van der Waals surface area (Å²) < 4.78 is 0. The molecule has 0 aliphatic rings. The van der Waals surface area contributed by atoms with Gasteiger partial charge in [0.25, 0.3) is 0 Å². The number of thioether (sulfide) groups is 1. The number of carbonyl (C=O) groups is 1. The van der Waals surface area contributed by atoms with Gasteiger partial charge in [0.15, 0.2) is 0 Å². The molecule has 1 rings (SSSR count). The molecule has 0 aliphatic carbocycles. The molecule has 112 valence electrons. The highest BCUT2D eigenvalue weighted by atomic mass is 35.5. The number of benzene rings is 1. The van der Waals surface area contributed by atoms with Gasteiger partial charge in [-0.25, -0.2) is 0 Å².